The minimum Gasteiger partial charge on any atom is -0.351 e. The maximum atomic E-state index is 12.2. The highest BCUT2D eigenvalue weighted by Gasteiger charge is 2.28. The van der Waals surface area contributed by atoms with Crippen LogP contribution in [0.25, 0.3) is 0 Å². The Morgan fingerprint density at radius 1 is 1.20 bits per heavy atom. The van der Waals surface area contributed by atoms with E-state index in [2.05, 4.69) is 20.8 Å². The minimum atomic E-state index is -0.534. The Bertz CT molecular complexity index is 787. The molecule has 25 heavy (non-hydrogen) atoms. The van der Waals surface area contributed by atoms with E-state index in [4.69, 9.17) is 0 Å². The van der Waals surface area contributed by atoms with E-state index in [1.165, 1.54) is 6.33 Å². The molecule has 9 heteroatoms. The molecule has 2 heterocycles. The van der Waals surface area contributed by atoms with E-state index in [0.29, 0.717) is 18.7 Å². The zero-order valence-corrected chi connectivity index (χ0v) is 13.7. The third kappa shape index (κ3) is 3.65. The van der Waals surface area contributed by atoms with Gasteiger partial charge in [0.25, 0.3) is 5.91 Å². The first-order valence-corrected chi connectivity index (χ1v) is 7.93. The molecule has 2 aromatic rings. The van der Waals surface area contributed by atoms with Gasteiger partial charge in [0, 0.05) is 18.7 Å². The molecule has 1 saturated heterocycles. The molecular formula is C16H18N6O3. The third-order valence-corrected chi connectivity index (χ3v) is 4.00. The number of hydrogen-bond acceptors (Lipinski definition) is 7. The second-order valence-corrected chi connectivity index (χ2v) is 5.79. The van der Waals surface area contributed by atoms with Crippen LogP contribution >= 0.6 is 0 Å². The molecule has 1 fully saturated rings. The summed E-state index contributed by atoms with van der Waals surface area (Å²) in [6.45, 7) is 3.35. The average Bonchev–Trinajstić information content (AvgIpc) is 3.14. The van der Waals surface area contributed by atoms with Gasteiger partial charge in [0.05, 0.1) is 4.92 Å². The SMILES string of the molecule is Cc1ccc(C(=O)NNc2ncnc(N3CCCC3)c2[N+](=O)[O-])cc1. The molecule has 0 atom stereocenters. The van der Waals surface area contributed by atoms with Crippen molar-refractivity contribution >= 4 is 23.2 Å². The number of amides is 1. The Morgan fingerprint density at radius 2 is 1.88 bits per heavy atom. The summed E-state index contributed by atoms with van der Waals surface area (Å²) in [6.07, 6.45) is 3.18. The van der Waals surface area contributed by atoms with Gasteiger partial charge in [-0.05, 0) is 31.9 Å². The third-order valence-electron chi connectivity index (χ3n) is 4.00. The van der Waals surface area contributed by atoms with Crippen LogP contribution in [-0.4, -0.2) is 33.9 Å². The maximum absolute atomic E-state index is 12.2. The molecule has 0 aliphatic carbocycles. The monoisotopic (exact) mass is 342 g/mol. The summed E-state index contributed by atoms with van der Waals surface area (Å²) in [5, 5.41) is 11.5. The molecule has 130 valence electrons. The molecule has 9 nitrogen and oxygen atoms in total. The van der Waals surface area contributed by atoms with Crippen molar-refractivity contribution in [2.24, 2.45) is 0 Å². The lowest BCUT2D eigenvalue weighted by Crippen LogP contribution is -2.31. The molecule has 1 amide bonds. The van der Waals surface area contributed by atoms with Gasteiger partial charge in [-0.3, -0.25) is 25.8 Å². The number of nitro groups is 1. The zero-order valence-electron chi connectivity index (χ0n) is 13.7. The fourth-order valence-electron chi connectivity index (χ4n) is 2.68. The van der Waals surface area contributed by atoms with Crippen molar-refractivity contribution in [2.45, 2.75) is 19.8 Å². The van der Waals surface area contributed by atoms with Crippen LogP contribution < -0.4 is 15.8 Å². The molecule has 1 aromatic carbocycles. The fourth-order valence-corrected chi connectivity index (χ4v) is 2.68. The predicted molar refractivity (Wildman–Crippen MR) is 92.4 cm³/mol. The quantitative estimate of drug-likeness (QED) is 0.631. The first kappa shape index (κ1) is 16.6. The lowest BCUT2D eigenvalue weighted by atomic mass is 10.1. The van der Waals surface area contributed by atoms with Crippen LogP contribution in [0, 0.1) is 17.0 Å². The summed E-state index contributed by atoms with van der Waals surface area (Å²) in [6, 6.07) is 6.98. The largest absolute Gasteiger partial charge is 0.355 e. The lowest BCUT2D eigenvalue weighted by molar-refractivity contribution is -0.383. The van der Waals surface area contributed by atoms with Crippen molar-refractivity contribution in [1.29, 1.82) is 0 Å². The number of carbonyl (C=O) groups is 1. The number of hydrogen-bond donors (Lipinski definition) is 2. The van der Waals surface area contributed by atoms with Crippen LogP contribution in [0.5, 0.6) is 0 Å². The Labute approximate surface area is 144 Å². The summed E-state index contributed by atoms with van der Waals surface area (Å²) < 4.78 is 0. The molecule has 1 aromatic heterocycles. The van der Waals surface area contributed by atoms with E-state index in [1.54, 1.807) is 12.1 Å². The normalized spacial score (nSPS) is 13.6. The van der Waals surface area contributed by atoms with E-state index < -0.39 is 10.8 Å². The van der Waals surface area contributed by atoms with Crippen LogP contribution in [0.1, 0.15) is 28.8 Å². The van der Waals surface area contributed by atoms with Crippen molar-refractivity contribution in [3.63, 3.8) is 0 Å². The first-order valence-electron chi connectivity index (χ1n) is 7.93. The molecule has 0 unspecified atom stereocenters. The van der Waals surface area contributed by atoms with Gasteiger partial charge in [0.1, 0.15) is 6.33 Å². The van der Waals surface area contributed by atoms with Crippen molar-refractivity contribution in [2.75, 3.05) is 23.4 Å². The molecule has 2 N–H and O–H groups in total. The number of nitrogens with zero attached hydrogens (tertiary/aromatic N) is 4. The molecule has 1 aliphatic heterocycles. The van der Waals surface area contributed by atoms with Crippen molar-refractivity contribution in [3.05, 3.63) is 51.8 Å². The van der Waals surface area contributed by atoms with Gasteiger partial charge in [0.15, 0.2) is 0 Å². The molecule has 3 rings (SSSR count). The fraction of sp³-hybridized carbons (Fsp3) is 0.312. The van der Waals surface area contributed by atoms with Crippen LogP contribution in [0.15, 0.2) is 30.6 Å². The number of aromatic nitrogens is 2. The number of aryl methyl sites for hydroxylation is 1. The highest BCUT2D eigenvalue weighted by atomic mass is 16.6. The molecular weight excluding hydrogens is 324 g/mol. The van der Waals surface area contributed by atoms with Crippen LogP contribution in [-0.2, 0) is 0 Å². The van der Waals surface area contributed by atoms with Gasteiger partial charge in [0.2, 0.25) is 11.6 Å². The molecule has 0 bridgehead atoms. The topological polar surface area (TPSA) is 113 Å². The standard InChI is InChI=1S/C16H18N6O3/c1-11-4-6-12(7-5-11)16(23)20-19-14-13(22(24)25)15(18-10-17-14)21-8-2-3-9-21/h4-7,10H,2-3,8-9H2,1H3,(H,20,23)(H,17,18,19). The Balaban J connectivity index is 1.79. The zero-order chi connectivity index (χ0) is 17.8. The lowest BCUT2D eigenvalue weighted by Gasteiger charge is -2.17. The van der Waals surface area contributed by atoms with E-state index in [-0.39, 0.29) is 17.3 Å². The molecule has 0 saturated carbocycles. The van der Waals surface area contributed by atoms with Gasteiger partial charge in [-0.25, -0.2) is 9.97 Å². The van der Waals surface area contributed by atoms with Crippen LogP contribution in [0.3, 0.4) is 0 Å². The van der Waals surface area contributed by atoms with Crippen LogP contribution in [0.4, 0.5) is 17.3 Å². The van der Waals surface area contributed by atoms with Crippen molar-refractivity contribution in [1.82, 2.24) is 15.4 Å². The Kier molecular flexibility index (Phi) is 4.73. The summed E-state index contributed by atoms with van der Waals surface area (Å²) in [4.78, 5) is 32.9. The van der Waals surface area contributed by atoms with E-state index >= 15 is 0 Å². The van der Waals surface area contributed by atoms with Gasteiger partial charge < -0.3 is 4.90 Å². The second kappa shape index (κ2) is 7.12. The molecule has 0 spiro atoms. The van der Waals surface area contributed by atoms with E-state index in [0.717, 1.165) is 18.4 Å². The first-order chi connectivity index (χ1) is 12.1. The summed E-state index contributed by atoms with van der Waals surface area (Å²) in [5.74, 6) is -0.178. The highest BCUT2D eigenvalue weighted by molar-refractivity contribution is 5.95. The second-order valence-electron chi connectivity index (χ2n) is 5.79. The molecule has 1 aliphatic rings. The number of benzene rings is 1. The summed E-state index contributed by atoms with van der Waals surface area (Å²) in [5.41, 5.74) is 6.23. The number of nitrogens with one attached hydrogen (secondary N) is 2. The van der Waals surface area contributed by atoms with Crippen molar-refractivity contribution < 1.29 is 9.72 Å². The maximum Gasteiger partial charge on any atom is 0.355 e. The Morgan fingerprint density at radius 3 is 2.52 bits per heavy atom. The number of rotatable bonds is 5. The van der Waals surface area contributed by atoms with Gasteiger partial charge in [-0.1, -0.05) is 17.7 Å². The highest BCUT2D eigenvalue weighted by Crippen LogP contribution is 2.33. The predicted octanol–water partition coefficient (Wildman–Crippen LogP) is 2.05. The summed E-state index contributed by atoms with van der Waals surface area (Å²) in [7, 11) is 0. The smallest absolute Gasteiger partial charge is 0.351 e. The van der Waals surface area contributed by atoms with Gasteiger partial charge >= 0.3 is 5.69 Å². The number of anilines is 2. The van der Waals surface area contributed by atoms with Gasteiger partial charge in [-0.15, -0.1) is 0 Å². The van der Waals surface area contributed by atoms with Gasteiger partial charge in [-0.2, -0.15) is 0 Å². The number of hydrazine groups is 1. The van der Waals surface area contributed by atoms with Crippen LogP contribution in [0.2, 0.25) is 0 Å². The van der Waals surface area contributed by atoms with Crippen molar-refractivity contribution in [3.8, 4) is 0 Å². The van der Waals surface area contributed by atoms with E-state index in [1.807, 2.05) is 24.0 Å². The minimum absolute atomic E-state index is 0.0395. The van der Waals surface area contributed by atoms with E-state index in [9.17, 15) is 14.9 Å². The summed E-state index contributed by atoms with van der Waals surface area (Å²) >= 11 is 0. The average molecular weight is 342 g/mol. The molecule has 0 radical (unpaired) electrons. The Hall–Kier alpha value is -3.23. The number of carbonyl (C=O) groups excluding carboxylic acids is 1.